The van der Waals surface area contributed by atoms with E-state index in [0.29, 0.717) is 32.3 Å². The monoisotopic (exact) mass is 549 g/mol. The zero-order chi connectivity index (χ0) is 26.9. The number of carbonyl (C=O) groups excluding carboxylic acids is 3. The summed E-state index contributed by atoms with van der Waals surface area (Å²) >= 11 is 12.6. The van der Waals surface area contributed by atoms with Gasteiger partial charge in [-0.2, -0.15) is 0 Å². The Kier molecular flexibility index (Phi) is 5.41. The van der Waals surface area contributed by atoms with Crippen molar-refractivity contribution in [2.24, 2.45) is 5.41 Å². The zero-order valence-electron chi connectivity index (χ0n) is 20.6. The first-order valence-electron chi connectivity index (χ1n) is 12.7. The predicted molar refractivity (Wildman–Crippen MR) is 153 cm³/mol. The summed E-state index contributed by atoms with van der Waals surface area (Å²) in [5.74, 6) is -1.52. The summed E-state index contributed by atoms with van der Waals surface area (Å²) in [6.07, 6.45) is 3.86. The van der Waals surface area contributed by atoms with Gasteiger partial charge in [0.15, 0.2) is 17.3 Å². The summed E-state index contributed by atoms with van der Waals surface area (Å²) in [6.45, 7) is 0. The molecule has 1 fully saturated rings. The molecule has 0 bridgehead atoms. The predicted octanol–water partition coefficient (Wildman–Crippen LogP) is 7.31. The van der Waals surface area contributed by atoms with Gasteiger partial charge in [0.2, 0.25) is 0 Å². The molecule has 6 heteroatoms. The molecule has 4 nitrogen and oxygen atoms in total. The number of para-hydroxylation sites is 1. The average Bonchev–Trinajstić information content (AvgIpc) is 3.39. The molecule has 190 valence electrons. The second-order valence-electron chi connectivity index (χ2n) is 10.2. The molecular weight excluding hydrogens is 529 g/mol. The molecule has 1 saturated heterocycles. The molecule has 0 aromatic heterocycles. The van der Waals surface area contributed by atoms with Gasteiger partial charge < -0.3 is 4.90 Å². The number of fused-ring (bicyclic) bond motifs is 5. The van der Waals surface area contributed by atoms with E-state index < -0.39 is 23.4 Å². The van der Waals surface area contributed by atoms with Crippen molar-refractivity contribution in [3.63, 3.8) is 0 Å². The number of ketones is 3. The van der Waals surface area contributed by atoms with Gasteiger partial charge in [-0.1, -0.05) is 90.0 Å². The van der Waals surface area contributed by atoms with E-state index in [1.807, 2.05) is 47.4 Å². The molecule has 39 heavy (non-hydrogen) atoms. The van der Waals surface area contributed by atoms with Crippen LogP contribution in [-0.4, -0.2) is 29.4 Å². The third-order valence-electron chi connectivity index (χ3n) is 8.32. The van der Waals surface area contributed by atoms with Crippen LogP contribution in [0.15, 0.2) is 103 Å². The van der Waals surface area contributed by atoms with E-state index in [0.717, 1.165) is 11.3 Å². The summed E-state index contributed by atoms with van der Waals surface area (Å²) < 4.78 is 0. The highest BCUT2D eigenvalue weighted by molar-refractivity contribution is 6.33. The Morgan fingerprint density at radius 1 is 0.744 bits per heavy atom. The van der Waals surface area contributed by atoms with Crippen molar-refractivity contribution in [2.75, 3.05) is 4.90 Å². The molecule has 1 spiro atoms. The number of hydrogen-bond acceptors (Lipinski definition) is 4. The molecule has 0 radical (unpaired) electrons. The minimum Gasteiger partial charge on any atom is -0.352 e. The summed E-state index contributed by atoms with van der Waals surface area (Å²) in [7, 11) is 0. The quantitative estimate of drug-likeness (QED) is 0.198. The summed E-state index contributed by atoms with van der Waals surface area (Å²) in [5.41, 5.74) is 2.07. The highest BCUT2D eigenvalue weighted by atomic mass is 35.5. The van der Waals surface area contributed by atoms with E-state index >= 15 is 0 Å². The summed E-state index contributed by atoms with van der Waals surface area (Å²) in [6, 6.07) is 27.1. The largest absolute Gasteiger partial charge is 0.352 e. The van der Waals surface area contributed by atoms with Gasteiger partial charge in [0.1, 0.15) is 11.5 Å². The van der Waals surface area contributed by atoms with Gasteiger partial charge in [0, 0.05) is 38.3 Å². The first kappa shape index (κ1) is 24.1. The van der Waals surface area contributed by atoms with Crippen molar-refractivity contribution in [2.45, 2.75) is 18.0 Å². The van der Waals surface area contributed by atoms with Crippen molar-refractivity contribution in [3.05, 3.63) is 141 Å². The Bertz CT molecular complexity index is 1690. The Hall–Kier alpha value is -3.99. The van der Waals surface area contributed by atoms with Gasteiger partial charge in [0.25, 0.3) is 0 Å². The number of nitrogens with zero attached hydrogens (tertiary/aromatic N) is 1. The molecule has 1 unspecified atom stereocenters. The molecule has 4 aromatic rings. The van der Waals surface area contributed by atoms with Crippen LogP contribution in [0.4, 0.5) is 5.69 Å². The van der Waals surface area contributed by atoms with Gasteiger partial charge in [-0.3, -0.25) is 14.4 Å². The van der Waals surface area contributed by atoms with Gasteiger partial charge in [-0.15, -0.1) is 0 Å². The van der Waals surface area contributed by atoms with Crippen LogP contribution < -0.4 is 4.90 Å². The third kappa shape index (κ3) is 3.28. The summed E-state index contributed by atoms with van der Waals surface area (Å²) in [5, 5.41) is 0.984. The van der Waals surface area contributed by atoms with Gasteiger partial charge in [0.05, 0.1) is 6.04 Å². The maximum Gasteiger partial charge on any atom is 0.185 e. The first-order valence-corrected chi connectivity index (χ1v) is 13.5. The number of halogens is 2. The lowest BCUT2D eigenvalue weighted by Crippen LogP contribution is -2.48. The fourth-order valence-corrected chi connectivity index (χ4v) is 7.10. The lowest BCUT2D eigenvalue weighted by Gasteiger charge is -2.37. The molecule has 1 aliphatic carbocycles. The fraction of sp³-hybridized carbons (Fsp3) is 0.121. The van der Waals surface area contributed by atoms with E-state index in [4.69, 9.17) is 23.2 Å². The van der Waals surface area contributed by atoms with E-state index in [9.17, 15) is 14.4 Å². The maximum absolute atomic E-state index is 14.6. The lowest BCUT2D eigenvalue weighted by atomic mass is 9.64. The van der Waals surface area contributed by atoms with Crippen LogP contribution >= 0.6 is 23.2 Å². The van der Waals surface area contributed by atoms with Crippen molar-refractivity contribution < 1.29 is 14.4 Å². The van der Waals surface area contributed by atoms with Crippen molar-refractivity contribution in [3.8, 4) is 0 Å². The average molecular weight is 550 g/mol. The molecule has 2 aliphatic heterocycles. The second-order valence-corrected chi connectivity index (χ2v) is 11.1. The van der Waals surface area contributed by atoms with Crippen molar-refractivity contribution in [1.29, 1.82) is 0 Å². The van der Waals surface area contributed by atoms with Crippen LogP contribution in [0.3, 0.4) is 0 Å². The Morgan fingerprint density at radius 3 is 2.10 bits per heavy atom. The van der Waals surface area contributed by atoms with Crippen LogP contribution in [0.25, 0.3) is 6.08 Å². The van der Waals surface area contributed by atoms with Crippen LogP contribution in [0.5, 0.6) is 0 Å². The minimum absolute atomic E-state index is 0.194. The molecule has 2 heterocycles. The molecule has 0 saturated carbocycles. The SMILES string of the molecule is O=C(c1ccc(Cl)cc1)[C@H]1[C@H](c2cccc(Cl)c2)C2(C(=O)c3ccccc3C2=O)C2C=Cc3ccccc3N21. The Morgan fingerprint density at radius 2 is 1.41 bits per heavy atom. The third-order valence-corrected chi connectivity index (χ3v) is 8.81. The van der Waals surface area contributed by atoms with Gasteiger partial charge in [-0.05, 0) is 53.6 Å². The molecule has 7 rings (SSSR count). The minimum atomic E-state index is -1.55. The van der Waals surface area contributed by atoms with E-state index in [1.165, 1.54) is 0 Å². The van der Waals surface area contributed by atoms with Crippen LogP contribution in [0.2, 0.25) is 10.0 Å². The standard InChI is InChI=1S/C33H21Cl2NO3/c34-22-15-12-20(13-16-22)30(37)29-28(21-7-5-8-23(35)18-21)33(31(38)24-9-2-3-10-25(24)32(33)39)27-17-14-19-6-1-4-11-26(19)36(27)29/h1-18,27-29H/t27?,28-,29+/m0/s1. The number of Topliss-reactive ketones (excluding diaryl/α,β-unsaturated/α-hetero) is 3. The van der Waals surface area contributed by atoms with Crippen molar-refractivity contribution >= 4 is 52.3 Å². The van der Waals surface area contributed by atoms with Crippen LogP contribution in [0, 0.1) is 5.41 Å². The highest BCUT2D eigenvalue weighted by Crippen LogP contribution is 2.61. The van der Waals surface area contributed by atoms with Crippen molar-refractivity contribution in [1.82, 2.24) is 0 Å². The number of rotatable bonds is 3. The molecule has 3 aliphatic rings. The topological polar surface area (TPSA) is 54.5 Å². The first-order chi connectivity index (χ1) is 18.9. The summed E-state index contributed by atoms with van der Waals surface area (Å²) in [4.78, 5) is 45.7. The lowest BCUT2D eigenvalue weighted by molar-refractivity contribution is 0.0666. The number of hydrogen-bond donors (Lipinski definition) is 0. The van der Waals surface area contributed by atoms with E-state index in [2.05, 4.69) is 0 Å². The zero-order valence-corrected chi connectivity index (χ0v) is 22.1. The number of benzene rings is 4. The number of anilines is 1. The molecule has 3 atom stereocenters. The van der Waals surface area contributed by atoms with E-state index in [1.54, 1.807) is 66.7 Å². The van der Waals surface area contributed by atoms with Gasteiger partial charge >= 0.3 is 0 Å². The van der Waals surface area contributed by atoms with Gasteiger partial charge in [-0.25, -0.2) is 0 Å². The Labute approximate surface area is 235 Å². The molecule has 0 N–H and O–H groups in total. The van der Waals surface area contributed by atoms with Crippen LogP contribution in [-0.2, 0) is 0 Å². The molecular formula is C33H21Cl2NO3. The molecule has 0 amide bonds. The maximum atomic E-state index is 14.6. The smallest absolute Gasteiger partial charge is 0.185 e. The second kappa shape index (κ2) is 8.77. The highest BCUT2D eigenvalue weighted by Gasteiger charge is 2.71. The number of carbonyl (C=O) groups is 3. The van der Waals surface area contributed by atoms with Crippen LogP contribution in [0.1, 0.15) is 48.1 Å². The van der Waals surface area contributed by atoms with E-state index in [-0.39, 0.29) is 17.3 Å². The fourth-order valence-electron chi connectivity index (χ4n) is 6.78. The molecule has 4 aromatic carbocycles. The Balaban J connectivity index is 1.55. The normalized spacial score (nSPS) is 22.1.